The maximum atomic E-state index is 11.7. The smallest absolute Gasteiger partial charge is 0.340 e. The van der Waals surface area contributed by atoms with E-state index in [1.54, 1.807) is 12.1 Å². The van der Waals surface area contributed by atoms with Gasteiger partial charge >= 0.3 is 5.97 Å². The Morgan fingerprint density at radius 3 is 2.95 bits per heavy atom. The van der Waals surface area contributed by atoms with E-state index in [0.717, 1.165) is 31.5 Å². The summed E-state index contributed by atoms with van der Waals surface area (Å²) in [6.45, 7) is 1.01. The summed E-state index contributed by atoms with van der Waals surface area (Å²) in [5, 5.41) is 9.57. The second-order valence-corrected chi connectivity index (χ2v) is 5.14. The molecule has 1 aliphatic rings. The molecule has 5 heteroatoms. The van der Waals surface area contributed by atoms with E-state index in [1.165, 1.54) is 13.5 Å². The molecule has 2 rings (SSSR count). The molecule has 0 amide bonds. The van der Waals surface area contributed by atoms with Crippen LogP contribution in [0.3, 0.4) is 0 Å². The summed E-state index contributed by atoms with van der Waals surface area (Å²) in [5.74, 6) is -0.431. The standard InChI is InChI=1S/C15H22N2O3/c1-20-15(19)13-9-11(6-7-14(13)16)17-8-4-2-3-5-12(17)10-18/h6-7,9,12,18H,2-5,8,10,16H2,1H3. The second-order valence-electron chi connectivity index (χ2n) is 5.14. The van der Waals surface area contributed by atoms with Crippen molar-refractivity contribution in [3.63, 3.8) is 0 Å². The molecule has 1 aromatic rings. The number of methoxy groups -OCH3 is 1. The first-order valence-corrected chi connectivity index (χ1v) is 7.02. The Balaban J connectivity index is 2.32. The van der Waals surface area contributed by atoms with Gasteiger partial charge in [0.05, 0.1) is 25.3 Å². The Morgan fingerprint density at radius 1 is 1.45 bits per heavy atom. The van der Waals surface area contributed by atoms with Gasteiger partial charge in [-0.15, -0.1) is 0 Å². The lowest BCUT2D eigenvalue weighted by Crippen LogP contribution is -2.37. The highest BCUT2D eigenvalue weighted by Crippen LogP contribution is 2.27. The summed E-state index contributed by atoms with van der Waals surface area (Å²) < 4.78 is 4.75. The Labute approximate surface area is 119 Å². The molecule has 0 aromatic heterocycles. The van der Waals surface area contributed by atoms with E-state index in [0.29, 0.717) is 11.3 Å². The van der Waals surface area contributed by atoms with E-state index >= 15 is 0 Å². The lowest BCUT2D eigenvalue weighted by atomic mass is 10.1. The first-order chi connectivity index (χ1) is 9.67. The number of nitrogens with zero attached hydrogens (tertiary/aromatic N) is 1. The number of esters is 1. The molecule has 5 nitrogen and oxygen atoms in total. The van der Waals surface area contributed by atoms with Crippen molar-refractivity contribution < 1.29 is 14.6 Å². The molecule has 1 atom stereocenters. The molecule has 1 fully saturated rings. The van der Waals surface area contributed by atoms with E-state index in [1.807, 2.05) is 6.07 Å². The zero-order chi connectivity index (χ0) is 14.5. The van der Waals surface area contributed by atoms with Crippen molar-refractivity contribution in [2.24, 2.45) is 0 Å². The lowest BCUT2D eigenvalue weighted by molar-refractivity contribution is 0.0602. The molecule has 110 valence electrons. The number of aliphatic hydroxyl groups excluding tert-OH is 1. The molecule has 0 aliphatic carbocycles. The maximum absolute atomic E-state index is 11.7. The normalized spacial score (nSPS) is 19.5. The molecule has 1 aromatic carbocycles. The van der Waals surface area contributed by atoms with Crippen LogP contribution in [-0.4, -0.2) is 37.4 Å². The highest BCUT2D eigenvalue weighted by molar-refractivity contribution is 5.96. The van der Waals surface area contributed by atoms with Crippen LogP contribution in [0, 0.1) is 0 Å². The van der Waals surface area contributed by atoms with Crippen molar-refractivity contribution >= 4 is 17.3 Å². The Bertz CT molecular complexity index is 476. The number of aliphatic hydroxyl groups is 1. The summed E-state index contributed by atoms with van der Waals surface area (Å²) >= 11 is 0. The van der Waals surface area contributed by atoms with Crippen LogP contribution >= 0.6 is 0 Å². The molecular weight excluding hydrogens is 256 g/mol. The summed E-state index contributed by atoms with van der Waals surface area (Å²) in [6.07, 6.45) is 4.36. The number of nitrogen functional groups attached to an aromatic ring is 1. The van der Waals surface area contributed by atoms with Crippen molar-refractivity contribution in [2.75, 3.05) is 30.9 Å². The Hall–Kier alpha value is -1.75. The van der Waals surface area contributed by atoms with Crippen molar-refractivity contribution in [3.05, 3.63) is 23.8 Å². The third-order valence-electron chi connectivity index (χ3n) is 3.86. The highest BCUT2D eigenvalue weighted by Gasteiger charge is 2.22. The number of carbonyl (C=O) groups is 1. The summed E-state index contributed by atoms with van der Waals surface area (Å²) in [5.41, 5.74) is 7.54. The Morgan fingerprint density at radius 2 is 2.25 bits per heavy atom. The van der Waals surface area contributed by atoms with Crippen LogP contribution in [0.15, 0.2) is 18.2 Å². The number of hydrogen-bond acceptors (Lipinski definition) is 5. The fourth-order valence-corrected chi connectivity index (χ4v) is 2.72. The second kappa shape index (κ2) is 6.61. The largest absolute Gasteiger partial charge is 0.465 e. The molecule has 0 radical (unpaired) electrons. The van der Waals surface area contributed by atoms with Gasteiger partial charge in [0.2, 0.25) is 0 Å². The predicted octanol–water partition coefficient (Wildman–Crippen LogP) is 1.80. The van der Waals surface area contributed by atoms with Gasteiger partial charge in [-0.1, -0.05) is 12.8 Å². The summed E-state index contributed by atoms with van der Waals surface area (Å²) in [7, 11) is 1.34. The van der Waals surface area contributed by atoms with Crippen molar-refractivity contribution in [3.8, 4) is 0 Å². The average molecular weight is 278 g/mol. The highest BCUT2D eigenvalue weighted by atomic mass is 16.5. The van der Waals surface area contributed by atoms with Gasteiger partial charge in [0.25, 0.3) is 0 Å². The minimum absolute atomic E-state index is 0.103. The summed E-state index contributed by atoms with van der Waals surface area (Å²) in [4.78, 5) is 13.9. The maximum Gasteiger partial charge on any atom is 0.340 e. The van der Waals surface area contributed by atoms with Crippen LogP contribution in [0.5, 0.6) is 0 Å². The fourth-order valence-electron chi connectivity index (χ4n) is 2.72. The van der Waals surface area contributed by atoms with Gasteiger partial charge in [0, 0.05) is 17.9 Å². The zero-order valence-corrected chi connectivity index (χ0v) is 11.8. The first-order valence-electron chi connectivity index (χ1n) is 7.02. The quantitative estimate of drug-likeness (QED) is 0.651. The molecule has 1 unspecified atom stereocenters. The third-order valence-corrected chi connectivity index (χ3v) is 3.86. The van der Waals surface area contributed by atoms with Gasteiger partial charge in [0.1, 0.15) is 0 Å². The van der Waals surface area contributed by atoms with Crippen molar-refractivity contribution in [1.82, 2.24) is 0 Å². The van der Waals surface area contributed by atoms with Crippen LogP contribution in [0.4, 0.5) is 11.4 Å². The molecular formula is C15H22N2O3. The van der Waals surface area contributed by atoms with Gasteiger partial charge in [-0.05, 0) is 31.0 Å². The molecule has 0 spiro atoms. The lowest BCUT2D eigenvalue weighted by Gasteiger charge is -2.31. The van der Waals surface area contributed by atoms with Crippen LogP contribution in [0.25, 0.3) is 0 Å². The molecule has 0 bridgehead atoms. The van der Waals surface area contributed by atoms with Crippen LogP contribution in [-0.2, 0) is 4.74 Å². The molecule has 20 heavy (non-hydrogen) atoms. The van der Waals surface area contributed by atoms with Gasteiger partial charge in [-0.3, -0.25) is 0 Å². The van der Waals surface area contributed by atoms with Gasteiger partial charge < -0.3 is 20.5 Å². The number of hydrogen-bond donors (Lipinski definition) is 2. The van der Waals surface area contributed by atoms with Crippen molar-refractivity contribution in [2.45, 2.75) is 31.7 Å². The van der Waals surface area contributed by atoms with E-state index in [4.69, 9.17) is 10.5 Å². The topological polar surface area (TPSA) is 75.8 Å². The minimum atomic E-state index is -0.431. The molecule has 1 heterocycles. The first kappa shape index (κ1) is 14.7. The van der Waals surface area contributed by atoms with Gasteiger partial charge in [-0.25, -0.2) is 4.79 Å². The molecule has 3 N–H and O–H groups in total. The van der Waals surface area contributed by atoms with Gasteiger partial charge in [0.15, 0.2) is 0 Å². The molecule has 1 saturated heterocycles. The van der Waals surface area contributed by atoms with E-state index in [9.17, 15) is 9.90 Å². The third kappa shape index (κ3) is 3.04. The summed E-state index contributed by atoms with van der Waals surface area (Å²) in [6, 6.07) is 5.48. The van der Waals surface area contributed by atoms with Gasteiger partial charge in [-0.2, -0.15) is 0 Å². The number of rotatable bonds is 3. The number of anilines is 2. The van der Waals surface area contributed by atoms with Crippen LogP contribution in [0.2, 0.25) is 0 Å². The van der Waals surface area contributed by atoms with E-state index in [-0.39, 0.29) is 12.6 Å². The molecule has 0 saturated carbocycles. The monoisotopic (exact) mass is 278 g/mol. The average Bonchev–Trinajstić information content (AvgIpc) is 2.72. The minimum Gasteiger partial charge on any atom is -0.465 e. The number of nitrogens with two attached hydrogens (primary N) is 1. The number of ether oxygens (including phenoxy) is 1. The van der Waals surface area contributed by atoms with E-state index < -0.39 is 5.97 Å². The number of carbonyl (C=O) groups excluding carboxylic acids is 1. The van der Waals surface area contributed by atoms with Crippen LogP contribution in [0.1, 0.15) is 36.0 Å². The Kier molecular flexibility index (Phi) is 4.84. The van der Waals surface area contributed by atoms with Crippen molar-refractivity contribution in [1.29, 1.82) is 0 Å². The van der Waals surface area contributed by atoms with E-state index in [2.05, 4.69) is 4.90 Å². The predicted molar refractivity (Wildman–Crippen MR) is 78.9 cm³/mol. The molecule has 1 aliphatic heterocycles. The zero-order valence-electron chi connectivity index (χ0n) is 11.8. The number of benzene rings is 1. The SMILES string of the molecule is COC(=O)c1cc(N2CCCCCC2CO)ccc1N. The van der Waals surface area contributed by atoms with Crippen LogP contribution < -0.4 is 10.6 Å². The fraction of sp³-hybridized carbons (Fsp3) is 0.533.